The molecule has 1 amide bonds. The molecule has 1 N–H and O–H groups in total. The molecule has 0 atom stereocenters. The summed E-state index contributed by atoms with van der Waals surface area (Å²) in [5, 5.41) is 7.72. The van der Waals surface area contributed by atoms with E-state index in [2.05, 4.69) is 10.4 Å². The highest BCUT2D eigenvalue weighted by Gasteiger charge is 2.23. The van der Waals surface area contributed by atoms with Crippen LogP contribution in [0.2, 0.25) is 0 Å². The predicted octanol–water partition coefficient (Wildman–Crippen LogP) is 0.831. The number of nitrogens with zero attached hydrogens (tertiary/aromatic N) is 3. The summed E-state index contributed by atoms with van der Waals surface area (Å²) in [5.41, 5.74) is 1.98. The molecule has 0 saturated carbocycles. The smallest absolute Gasteiger partial charge is 0.276 e. The van der Waals surface area contributed by atoms with Crippen molar-refractivity contribution in [1.82, 2.24) is 19.7 Å². The number of nitrogens with one attached hydrogen (secondary N) is 1. The molecular formula is C13H16N4O2. The van der Waals surface area contributed by atoms with Gasteiger partial charge in [0.1, 0.15) is 5.69 Å². The molecule has 2 aromatic rings. The molecule has 0 bridgehead atoms. The zero-order valence-electron chi connectivity index (χ0n) is 11.2. The van der Waals surface area contributed by atoms with Crippen molar-refractivity contribution in [2.75, 3.05) is 6.54 Å². The number of hydrogen-bond acceptors (Lipinski definition) is 3. The Kier molecular flexibility index (Phi) is 2.48. The average molecular weight is 260 g/mol. The van der Waals surface area contributed by atoms with Crippen molar-refractivity contribution >= 4 is 16.8 Å². The standard InChI is InChI=1S/C13H16N4O2/c1-7(2)17-13(19)9-6-10-12(18)14-4-5-16(10)11(9)8(3)15-17/h6-7H,4-5H2,1-3H3,(H,14,18). The fourth-order valence-corrected chi connectivity index (χ4v) is 2.62. The second kappa shape index (κ2) is 3.94. The third-order valence-corrected chi connectivity index (χ3v) is 3.48. The monoisotopic (exact) mass is 260 g/mol. The SMILES string of the molecule is Cc1nn(C(C)C)c(=O)c2cc3n(c12)CCNC3=O. The number of rotatable bonds is 1. The van der Waals surface area contributed by atoms with Crippen molar-refractivity contribution in [1.29, 1.82) is 0 Å². The highest BCUT2D eigenvalue weighted by Crippen LogP contribution is 2.21. The Balaban J connectivity index is 2.42. The molecule has 19 heavy (non-hydrogen) atoms. The number of carbonyl (C=O) groups is 1. The zero-order valence-corrected chi connectivity index (χ0v) is 11.2. The minimum atomic E-state index is -0.134. The van der Waals surface area contributed by atoms with Gasteiger partial charge >= 0.3 is 0 Å². The highest BCUT2D eigenvalue weighted by atomic mass is 16.2. The fraction of sp³-hybridized carbons (Fsp3) is 0.462. The summed E-state index contributed by atoms with van der Waals surface area (Å²) in [6, 6.07) is 1.68. The van der Waals surface area contributed by atoms with Gasteiger partial charge in [0, 0.05) is 13.1 Å². The molecule has 0 radical (unpaired) electrons. The number of amides is 1. The number of carbonyl (C=O) groups excluding carboxylic acids is 1. The molecule has 3 heterocycles. The molecule has 0 unspecified atom stereocenters. The van der Waals surface area contributed by atoms with Crippen LogP contribution in [0.15, 0.2) is 10.9 Å². The lowest BCUT2D eigenvalue weighted by atomic mass is 10.2. The van der Waals surface area contributed by atoms with Crippen molar-refractivity contribution in [2.45, 2.75) is 33.4 Å². The average Bonchev–Trinajstić information content (AvgIpc) is 2.75. The summed E-state index contributed by atoms with van der Waals surface area (Å²) >= 11 is 0. The van der Waals surface area contributed by atoms with E-state index in [1.54, 1.807) is 6.07 Å². The zero-order chi connectivity index (χ0) is 13.7. The van der Waals surface area contributed by atoms with Crippen LogP contribution in [-0.2, 0) is 6.54 Å². The van der Waals surface area contributed by atoms with E-state index >= 15 is 0 Å². The highest BCUT2D eigenvalue weighted by molar-refractivity contribution is 5.99. The van der Waals surface area contributed by atoms with Crippen LogP contribution >= 0.6 is 0 Å². The molecule has 0 saturated heterocycles. The summed E-state index contributed by atoms with van der Waals surface area (Å²) in [5.74, 6) is -0.127. The van der Waals surface area contributed by atoms with Gasteiger partial charge in [-0.3, -0.25) is 9.59 Å². The number of aryl methyl sites for hydroxylation is 1. The van der Waals surface area contributed by atoms with Crippen molar-refractivity contribution in [3.05, 3.63) is 27.8 Å². The van der Waals surface area contributed by atoms with E-state index in [0.717, 1.165) is 11.2 Å². The lowest BCUT2D eigenvalue weighted by Crippen LogP contribution is -2.35. The molecule has 6 nitrogen and oxygen atoms in total. The van der Waals surface area contributed by atoms with Crippen LogP contribution in [0.1, 0.15) is 36.1 Å². The Hall–Kier alpha value is -2.11. The third kappa shape index (κ3) is 1.59. The van der Waals surface area contributed by atoms with Crippen molar-refractivity contribution in [3.63, 3.8) is 0 Å². The minimum absolute atomic E-state index is 0.00125. The number of hydrogen-bond donors (Lipinski definition) is 1. The summed E-state index contributed by atoms with van der Waals surface area (Å²) in [6.07, 6.45) is 0. The van der Waals surface area contributed by atoms with Crippen LogP contribution in [0.3, 0.4) is 0 Å². The number of aromatic nitrogens is 3. The Morgan fingerprint density at radius 3 is 2.79 bits per heavy atom. The number of fused-ring (bicyclic) bond motifs is 3. The summed E-state index contributed by atoms with van der Waals surface area (Å²) < 4.78 is 3.37. The first-order valence-corrected chi connectivity index (χ1v) is 6.41. The molecule has 0 aliphatic carbocycles. The van der Waals surface area contributed by atoms with Crippen LogP contribution in [0.25, 0.3) is 10.9 Å². The Bertz CT molecular complexity index is 739. The summed E-state index contributed by atoms with van der Waals surface area (Å²) in [7, 11) is 0. The molecule has 3 rings (SSSR count). The van der Waals surface area contributed by atoms with Crippen LogP contribution < -0.4 is 10.9 Å². The Morgan fingerprint density at radius 1 is 1.37 bits per heavy atom. The van der Waals surface area contributed by atoms with Gasteiger partial charge in [-0.1, -0.05) is 0 Å². The molecule has 0 spiro atoms. The Labute approximate surface area is 110 Å². The van der Waals surface area contributed by atoms with Crippen molar-refractivity contribution in [3.8, 4) is 0 Å². The van der Waals surface area contributed by atoms with Crippen molar-refractivity contribution in [2.24, 2.45) is 0 Å². The maximum Gasteiger partial charge on any atom is 0.276 e. The predicted molar refractivity (Wildman–Crippen MR) is 71.4 cm³/mol. The molecule has 2 aromatic heterocycles. The van der Waals surface area contributed by atoms with E-state index in [0.29, 0.717) is 24.2 Å². The fourth-order valence-electron chi connectivity index (χ4n) is 2.62. The first-order chi connectivity index (χ1) is 9.00. The maximum atomic E-state index is 12.4. The normalized spacial score (nSPS) is 14.8. The summed E-state index contributed by atoms with van der Waals surface area (Å²) in [4.78, 5) is 24.2. The quantitative estimate of drug-likeness (QED) is 0.825. The molecule has 6 heteroatoms. The molecule has 100 valence electrons. The maximum absolute atomic E-state index is 12.4. The van der Waals surface area contributed by atoms with Gasteiger partial charge in [0.15, 0.2) is 0 Å². The van der Waals surface area contributed by atoms with Gasteiger partial charge < -0.3 is 9.88 Å². The van der Waals surface area contributed by atoms with Crippen LogP contribution in [0.4, 0.5) is 0 Å². The van der Waals surface area contributed by atoms with E-state index in [1.807, 2.05) is 25.3 Å². The topological polar surface area (TPSA) is 68.9 Å². The Morgan fingerprint density at radius 2 is 2.11 bits per heavy atom. The van der Waals surface area contributed by atoms with Gasteiger partial charge in [-0.15, -0.1) is 0 Å². The first kappa shape index (κ1) is 12.0. The second-order valence-corrected chi connectivity index (χ2v) is 5.13. The minimum Gasteiger partial charge on any atom is -0.349 e. The molecule has 1 aliphatic heterocycles. The lowest BCUT2D eigenvalue weighted by molar-refractivity contribution is 0.0929. The first-order valence-electron chi connectivity index (χ1n) is 6.41. The molecular weight excluding hydrogens is 244 g/mol. The van der Waals surface area contributed by atoms with E-state index in [-0.39, 0.29) is 17.5 Å². The van der Waals surface area contributed by atoms with Gasteiger partial charge in [-0.25, -0.2) is 4.68 Å². The largest absolute Gasteiger partial charge is 0.349 e. The second-order valence-electron chi connectivity index (χ2n) is 5.13. The summed E-state index contributed by atoms with van der Waals surface area (Å²) in [6.45, 7) is 6.98. The van der Waals surface area contributed by atoms with Gasteiger partial charge in [0.25, 0.3) is 11.5 Å². The molecule has 0 aromatic carbocycles. The van der Waals surface area contributed by atoms with E-state index < -0.39 is 0 Å². The molecule has 0 fully saturated rings. The van der Waals surface area contributed by atoms with Crippen LogP contribution in [-0.4, -0.2) is 26.8 Å². The lowest BCUT2D eigenvalue weighted by Gasteiger charge is -2.17. The van der Waals surface area contributed by atoms with Gasteiger partial charge in [0.05, 0.1) is 22.6 Å². The molecule has 1 aliphatic rings. The van der Waals surface area contributed by atoms with Gasteiger partial charge in [-0.05, 0) is 26.8 Å². The van der Waals surface area contributed by atoms with Gasteiger partial charge in [-0.2, -0.15) is 5.10 Å². The van der Waals surface area contributed by atoms with E-state index in [9.17, 15) is 9.59 Å². The van der Waals surface area contributed by atoms with Gasteiger partial charge in [0.2, 0.25) is 0 Å². The van der Waals surface area contributed by atoms with Crippen LogP contribution in [0, 0.1) is 6.92 Å². The third-order valence-electron chi connectivity index (χ3n) is 3.48. The van der Waals surface area contributed by atoms with Crippen LogP contribution in [0.5, 0.6) is 0 Å². The van der Waals surface area contributed by atoms with E-state index in [4.69, 9.17) is 0 Å². The van der Waals surface area contributed by atoms with E-state index in [1.165, 1.54) is 4.68 Å². The van der Waals surface area contributed by atoms with Crippen molar-refractivity contribution < 1.29 is 4.79 Å².